The Morgan fingerprint density at radius 2 is 1.84 bits per heavy atom. The van der Waals surface area contributed by atoms with E-state index >= 15 is 0 Å². The SMILES string of the molecule is COc1ccccc1Cc1cccc([C@H]2CCCN2C(=O)CCCc2ccccc2)n1. The normalized spacial score (nSPS) is 15.8. The lowest BCUT2D eigenvalue weighted by Crippen LogP contribution is -2.31. The molecule has 0 aliphatic carbocycles. The van der Waals surface area contributed by atoms with Crippen LogP contribution in [0.3, 0.4) is 0 Å². The van der Waals surface area contributed by atoms with Crippen molar-refractivity contribution in [3.63, 3.8) is 0 Å². The number of hydrogen-bond donors (Lipinski definition) is 0. The van der Waals surface area contributed by atoms with Crippen molar-refractivity contribution in [2.45, 2.75) is 44.6 Å². The maximum absolute atomic E-state index is 13.0. The van der Waals surface area contributed by atoms with E-state index in [0.29, 0.717) is 6.42 Å². The fourth-order valence-corrected chi connectivity index (χ4v) is 4.43. The highest BCUT2D eigenvalue weighted by Crippen LogP contribution is 2.32. The monoisotopic (exact) mass is 414 g/mol. The number of aromatic nitrogens is 1. The molecular formula is C27H30N2O2. The summed E-state index contributed by atoms with van der Waals surface area (Å²) in [6.45, 7) is 0.827. The molecule has 4 nitrogen and oxygen atoms in total. The summed E-state index contributed by atoms with van der Waals surface area (Å²) in [5, 5.41) is 0. The molecule has 0 N–H and O–H groups in total. The predicted octanol–water partition coefficient (Wildman–Crippen LogP) is 5.37. The van der Waals surface area contributed by atoms with Gasteiger partial charge in [-0.05, 0) is 49.4 Å². The van der Waals surface area contributed by atoms with Gasteiger partial charge in [-0.3, -0.25) is 9.78 Å². The van der Waals surface area contributed by atoms with Crippen LogP contribution < -0.4 is 4.74 Å². The van der Waals surface area contributed by atoms with Gasteiger partial charge in [0.25, 0.3) is 0 Å². The maximum Gasteiger partial charge on any atom is 0.223 e. The van der Waals surface area contributed by atoms with Crippen LogP contribution in [0.5, 0.6) is 5.75 Å². The van der Waals surface area contributed by atoms with E-state index in [1.165, 1.54) is 5.56 Å². The highest BCUT2D eigenvalue weighted by Gasteiger charge is 2.30. The number of nitrogens with zero attached hydrogens (tertiary/aromatic N) is 2. The number of carbonyl (C=O) groups excluding carboxylic acids is 1. The Morgan fingerprint density at radius 3 is 2.68 bits per heavy atom. The van der Waals surface area contributed by atoms with Crippen LogP contribution in [-0.2, 0) is 17.6 Å². The van der Waals surface area contributed by atoms with E-state index in [0.717, 1.165) is 61.3 Å². The van der Waals surface area contributed by atoms with E-state index in [1.54, 1.807) is 7.11 Å². The molecule has 31 heavy (non-hydrogen) atoms. The van der Waals surface area contributed by atoms with Crippen molar-refractivity contribution in [3.8, 4) is 5.75 Å². The van der Waals surface area contributed by atoms with Gasteiger partial charge in [0.2, 0.25) is 5.91 Å². The summed E-state index contributed by atoms with van der Waals surface area (Å²) in [5.41, 5.74) is 4.42. The number of rotatable bonds is 8. The van der Waals surface area contributed by atoms with Gasteiger partial charge in [-0.25, -0.2) is 0 Å². The van der Waals surface area contributed by atoms with Crippen LogP contribution in [-0.4, -0.2) is 29.4 Å². The van der Waals surface area contributed by atoms with Crippen LogP contribution in [0.2, 0.25) is 0 Å². The largest absolute Gasteiger partial charge is 0.496 e. The molecule has 1 fully saturated rings. The van der Waals surface area contributed by atoms with Crippen molar-refractivity contribution in [3.05, 3.63) is 95.3 Å². The van der Waals surface area contributed by atoms with E-state index in [-0.39, 0.29) is 11.9 Å². The van der Waals surface area contributed by atoms with Gasteiger partial charge in [-0.2, -0.15) is 0 Å². The third-order valence-corrected chi connectivity index (χ3v) is 6.01. The first-order chi connectivity index (χ1) is 15.2. The van der Waals surface area contributed by atoms with E-state index in [2.05, 4.69) is 48.5 Å². The molecule has 4 rings (SSSR count). The van der Waals surface area contributed by atoms with Crippen LogP contribution in [0, 0.1) is 0 Å². The Kier molecular flexibility index (Phi) is 6.98. The Morgan fingerprint density at radius 1 is 1.03 bits per heavy atom. The molecule has 3 aromatic rings. The average Bonchev–Trinajstić information content (AvgIpc) is 3.30. The minimum absolute atomic E-state index is 0.0850. The standard InChI is InChI=1S/C27H30N2O2/c1-31-26-17-6-5-13-22(26)20-23-14-8-15-24(28-23)25-16-9-19-29(25)27(30)18-7-12-21-10-3-2-4-11-21/h2-6,8,10-11,13-15,17,25H,7,9,12,16,18-20H2,1H3/t25-/m1/s1. The molecule has 0 unspecified atom stereocenters. The molecule has 160 valence electrons. The van der Waals surface area contributed by atoms with Gasteiger partial charge in [-0.15, -0.1) is 0 Å². The third kappa shape index (κ3) is 5.32. The lowest BCUT2D eigenvalue weighted by atomic mass is 10.1. The van der Waals surface area contributed by atoms with Crippen molar-refractivity contribution in [2.75, 3.05) is 13.7 Å². The third-order valence-electron chi connectivity index (χ3n) is 6.01. The predicted molar refractivity (Wildman–Crippen MR) is 123 cm³/mol. The van der Waals surface area contributed by atoms with Crippen molar-refractivity contribution < 1.29 is 9.53 Å². The van der Waals surface area contributed by atoms with E-state index in [1.807, 2.05) is 29.2 Å². The fraction of sp³-hybridized carbons (Fsp3) is 0.333. The number of benzene rings is 2. The zero-order chi connectivity index (χ0) is 21.5. The summed E-state index contributed by atoms with van der Waals surface area (Å²) in [7, 11) is 1.70. The molecular weight excluding hydrogens is 384 g/mol. The molecule has 0 saturated carbocycles. The summed E-state index contributed by atoms with van der Waals surface area (Å²) in [5.74, 6) is 1.13. The molecule has 1 amide bonds. The van der Waals surface area contributed by atoms with E-state index in [4.69, 9.17) is 9.72 Å². The number of para-hydroxylation sites is 1. The topological polar surface area (TPSA) is 42.4 Å². The summed E-state index contributed by atoms with van der Waals surface area (Å²) in [6.07, 6.45) is 5.15. The van der Waals surface area contributed by atoms with Crippen molar-refractivity contribution in [2.24, 2.45) is 0 Å². The highest BCUT2D eigenvalue weighted by atomic mass is 16.5. The van der Waals surface area contributed by atoms with Crippen LogP contribution >= 0.6 is 0 Å². The van der Waals surface area contributed by atoms with Crippen LogP contribution in [0.25, 0.3) is 0 Å². The molecule has 1 aliphatic rings. The number of pyridine rings is 1. The molecule has 2 aromatic carbocycles. The molecule has 1 aliphatic heterocycles. The van der Waals surface area contributed by atoms with E-state index in [9.17, 15) is 4.79 Å². The smallest absolute Gasteiger partial charge is 0.223 e. The fourth-order valence-electron chi connectivity index (χ4n) is 4.43. The molecule has 1 atom stereocenters. The molecule has 2 heterocycles. The van der Waals surface area contributed by atoms with Gasteiger partial charge < -0.3 is 9.64 Å². The Hall–Kier alpha value is -3.14. The number of amides is 1. The minimum Gasteiger partial charge on any atom is -0.496 e. The highest BCUT2D eigenvalue weighted by molar-refractivity contribution is 5.77. The van der Waals surface area contributed by atoms with E-state index < -0.39 is 0 Å². The minimum atomic E-state index is 0.0850. The summed E-state index contributed by atoms with van der Waals surface area (Å²) in [6, 6.07) is 24.7. The van der Waals surface area contributed by atoms with Crippen LogP contribution in [0.15, 0.2) is 72.8 Å². The van der Waals surface area contributed by atoms with Crippen LogP contribution in [0.1, 0.15) is 54.2 Å². The Bertz CT molecular complexity index is 1000. The average molecular weight is 415 g/mol. The molecule has 4 heteroatoms. The second-order valence-electron chi connectivity index (χ2n) is 8.13. The van der Waals surface area contributed by atoms with Gasteiger partial charge in [0.05, 0.1) is 18.8 Å². The van der Waals surface area contributed by atoms with Gasteiger partial charge >= 0.3 is 0 Å². The molecule has 0 spiro atoms. The van der Waals surface area contributed by atoms with Crippen LogP contribution in [0.4, 0.5) is 0 Å². The zero-order valence-corrected chi connectivity index (χ0v) is 18.2. The number of likely N-dealkylation sites (tertiary alicyclic amines) is 1. The first kappa shape index (κ1) is 21.1. The van der Waals surface area contributed by atoms with Gasteiger partial charge in [0, 0.05) is 30.6 Å². The van der Waals surface area contributed by atoms with Gasteiger partial charge in [0.1, 0.15) is 5.75 Å². The first-order valence-corrected chi connectivity index (χ1v) is 11.2. The number of methoxy groups -OCH3 is 1. The number of carbonyl (C=O) groups is 1. The molecule has 1 aromatic heterocycles. The summed E-state index contributed by atoms with van der Waals surface area (Å²) < 4.78 is 5.48. The number of hydrogen-bond acceptors (Lipinski definition) is 3. The zero-order valence-electron chi connectivity index (χ0n) is 18.2. The molecule has 0 bridgehead atoms. The Labute approximate surface area is 184 Å². The van der Waals surface area contributed by atoms with Crippen molar-refractivity contribution >= 4 is 5.91 Å². The second-order valence-corrected chi connectivity index (χ2v) is 8.13. The van der Waals surface area contributed by atoms with Gasteiger partial charge in [0.15, 0.2) is 0 Å². The first-order valence-electron chi connectivity index (χ1n) is 11.2. The van der Waals surface area contributed by atoms with Crippen molar-refractivity contribution in [1.29, 1.82) is 0 Å². The molecule has 0 radical (unpaired) electrons. The maximum atomic E-state index is 13.0. The number of aryl methyl sites for hydroxylation is 1. The lowest BCUT2D eigenvalue weighted by Gasteiger charge is -2.25. The van der Waals surface area contributed by atoms with Gasteiger partial charge in [-0.1, -0.05) is 54.6 Å². The van der Waals surface area contributed by atoms with Crippen molar-refractivity contribution in [1.82, 2.24) is 9.88 Å². The Balaban J connectivity index is 1.41. The summed E-state index contributed by atoms with van der Waals surface area (Å²) in [4.78, 5) is 19.9. The quantitative estimate of drug-likeness (QED) is 0.498. The molecule has 1 saturated heterocycles. The second kappa shape index (κ2) is 10.3. The summed E-state index contributed by atoms with van der Waals surface area (Å²) >= 11 is 0. The lowest BCUT2D eigenvalue weighted by molar-refractivity contribution is -0.132. The number of ether oxygens (including phenoxy) is 1.